The molecule has 1 saturated heterocycles. The lowest BCUT2D eigenvalue weighted by molar-refractivity contribution is -0.134. The molecule has 2 atom stereocenters. The number of ether oxygens (including phenoxy) is 1. The Morgan fingerprint density at radius 1 is 1.00 bits per heavy atom. The fourth-order valence-electron chi connectivity index (χ4n) is 6.02. The Hall–Kier alpha value is -4.39. The van der Waals surface area contributed by atoms with E-state index in [9.17, 15) is 9.59 Å². The molecule has 0 bridgehead atoms. The third-order valence-corrected chi connectivity index (χ3v) is 8.21. The van der Waals surface area contributed by atoms with Gasteiger partial charge in [0, 0.05) is 6.54 Å². The van der Waals surface area contributed by atoms with E-state index < -0.39 is 12.1 Å². The van der Waals surface area contributed by atoms with Gasteiger partial charge in [0.05, 0.1) is 30.5 Å². The normalized spacial score (nSPS) is 17.1. The number of H-pyrrole nitrogens is 1. The molecule has 1 fully saturated rings. The van der Waals surface area contributed by atoms with Gasteiger partial charge in [-0.1, -0.05) is 62.4 Å². The molecule has 3 aromatic carbocycles. The zero-order chi connectivity index (χ0) is 27.8. The summed E-state index contributed by atoms with van der Waals surface area (Å²) in [6.45, 7) is 4.59. The Balaban J connectivity index is 1.20. The van der Waals surface area contributed by atoms with Crippen molar-refractivity contribution in [3.63, 3.8) is 0 Å². The summed E-state index contributed by atoms with van der Waals surface area (Å²) in [6, 6.07) is 21.0. The zero-order valence-corrected chi connectivity index (χ0v) is 23.1. The molecular formula is C33H34N4O3. The van der Waals surface area contributed by atoms with Gasteiger partial charge in [0.25, 0.3) is 0 Å². The number of carbonyl (C=O) groups is 2. The van der Waals surface area contributed by atoms with E-state index in [2.05, 4.69) is 76.0 Å². The molecule has 0 radical (unpaired) electrons. The van der Waals surface area contributed by atoms with Gasteiger partial charge in [-0.3, -0.25) is 4.79 Å². The van der Waals surface area contributed by atoms with Crippen LogP contribution >= 0.6 is 0 Å². The van der Waals surface area contributed by atoms with Crippen LogP contribution in [0.1, 0.15) is 37.8 Å². The van der Waals surface area contributed by atoms with Crippen molar-refractivity contribution in [3.8, 4) is 22.3 Å². The number of amides is 2. The molecule has 1 aromatic heterocycles. The fourth-order valence-corrected chi connectivity index (χ4v) is 6.02. The molecule has 7 heteroatoms. The molecule has 0 saturated carbocycles. The van der Waals surface area contributed by atoms with Gasteiger partial charge in [-0.25, -0.2) is 9.78 Å². The van der Waals surface area contributed by atoms with E-state index in [4.69, 9.17) is 4.74 Å². The number of hydrogen-bond donors (Lipinski definition) is 2. The molecule has 6 rings (SSSR count). The number of methoxy groups -OCH3 is 1. The molecule has 0 spiro atoms. The van der Waals surface area contributed by atoms with Crippen LogP contribution in [0.2, 0.25) is 0 Å². The monoisotopic (exact) mass is 534 g/mol. The number of nitrogens with one attached hydrogen (secondary N) is 2. The lowest BCUT2D eigenvalue weighted by Crippen LogP contribution is -2.52. The van der Waals surface area contributed by atoms with Crippen LogP contribution in [-0.4, -0.2) is 52.6 Å². The number of carbonyl (C=O) groups excluding carboxylic acids is 2. The van der Waals surface area contributed by atoms with E-state index in [1.165, 1.54) is 34.9 Å². The number of hydrogen-bond acceptors (Lipinski definition) is 4. The van der Waals surface area contributed by atoms with E-state index in [1.54, 1.807) is 6.33 Å². The van der Waals surface area contributed by atoms with Crippen molar-refractivity contribution in [2.75, 3.05) is 13.7 Å². The molecule has 2 aliphatic rings. The lowest BCUT2D eigenvalue weighted by atomic mass is 9.97. The fraction of sp³-hybridized carbons (Fsp3) is 0.303. The van der Waals surface area contributed by atoms with Crippen LogP contribution in [0, 0.1) is 5.92 Å². The van der Waals surface area contributed by atoms with Gasteiger partial charge in [-0.2, -0.15) is 0 Å². The largest absolute Gasteiger partial charge is 0.453 e. The summed E-state index contributed by atoms with van der Waals surface area (Å²) < 4.78 is 4.77. The summed E-state index contributed by atoms with van der Waals surface area (Å²) >= 11 is 0. The SMILES string of the molecule is COC(=O)N[C@H](C(=O)N1CCC[C@H]1C1=Cc2cc(-c3ccc(-c4ccc5nc[nH]c5c4)cc3)ccc2C1)C(C)C. The molecule has 2 heterocycles. The maximum Gasteiger partial charge on any atom is 0.407 e. The molecule has 4 aromatic rings. The van der Waals surface area contributed by atoms with Crippen LogP contribution in [0.15, 0.2) is 72.6 Å². The summed E-state index contributed by atoms with van der Waals surface area (Å²) in [5, 5.41) is 2.74. The Morgan fingerprint density at radius 2 is 1.70 bits per heavy atom. The summed E-state index contributed by atoms with van der Waals surface area (Å²) in [6.07, 6.45) is 6.15. The molecule has 0 unspecified atom stereocenters. The number of rotatable bonds is 6. The van der Waals surface area contributed by atoms with Gasteiger partial charge in [-0.05, 0) is 82.3 Å². The molecule has 40 heavy (non-hydrogen) atoms. The average Bonchev–Trinajstić information content (AvgIpc) is 3.73. The number of nitrogens with zero attached hydrogens (tertiary/aromatic N) is 2. The van der Waals surface area contributed by atoms with Gasteiger partial charge >= 0.3 is 6.09 Å². The first-order chi connectivity index (χ1) is 19.4. The van der Waals surface area contributed by atoms with Crippen molar-refractivity contribution in [3.05, 3.63) is 83.7 Å². The van der Waals surface area contributed by atoms with E-state index in [-0.39, 0.29) is 17.9 Å². The number of aromatic amines is 1. The second kappa shape index (κ2) is 10.6. The van der Waals surface area contributed by atoms with Gasteiger partial charge < -0.3 is 19.9 Å². The van der Waals surface area contributed by atoms with Crippen molar-refractivity contribution in [1.29, 1.82) is 0 Å². The molecule has 1 aliphatic carbocycles. The van der Waals surface area contributed by atoms with Crippen LogP contribution in [0.4, 0.5) is 4.79 Å². The first-order valence-corrected chi connectivity index (χ1v) is 13.9. The highest BCUT2D eigenvalue weighted by Gasteiger charge is 2.37. The summed E-state index contributed by atoms with van der Waals surface area (Å²) in [7, 11) is 1.32. The first-order valence-electron chi connectivity index (χ1n) is 13.9. The van der Waals surface area contributed by atoms with E-state index >= 15 is 0 Å². The second-order valence-electron chi connectivity index (χ2n) is 11.1. The highest BCUT2D eigenvalue weighted by atomic mass is 16.5. The smallest absolute Gasteiger partial charge is 0.407 e. The van der Waals surface area contributed by atoms with Crippen molar-refractivity contribution in [2.45, 2.75) is 45.2 Å². The maximum absolute atomic E-state index is 13.5. The predicted octanol–water partition coefficient (Wildman–Crippen LogP) is 6.21. The minimum Gasteiger partial charge on any atom is -0.453 e. The van der Waals surface area contributed by atoms with Gasteiger partial charge in [0.2, 0.25) is 5.91 Å². The van der Waals surface area contributed by atoms with Crippen LogP contribution < -0.4 is 5.32 Å². The van der Waals surface area contributed by atoms with E-state index in [0.29, 0.717) is 6.54 Å². The molecular weight excluding hydrogens is 500 g/mol. The number of fused-ring (bicyclic) bond motifs is 2. The Bertz CT molecular complexity index is 1600. The van der Waals surface area contributed by atoms with Gasteiger partial charge in [0.15, 0.2) is 0 Å². The second-order valence-corrected chi connectivity index (χ2v) is 11.1. The minimum atomic E-state index is -0.603. The van der Waals surface area contributed by atoms with Crippen molar-refractivity contribution < 1.29 is 14.3 Å². The molecule has 1 aliphatic heterocycles. The number of likely N-dealkylation sites (tertiary alicyclic amines) is 1. The van der Waals surface area contributed by atoms with Crippen LogP contribution in [0.5, 0.6) is 0 Å². The molecule has 7 nitrogen and oxygen atoms in total. The average molecular weight is 535 g/mol. The Morgan fingerprint density at radius 3 is 2.42 bits per heavy atom. The van der Waals surface area contributed by atoms with Crippen molar-refractivity contribution >= 4 is 29.1 Å². The van der Waals surface area contributed by atoms with Crippen molar-refractivity contribution in [1.82, 2.24) is 20.2 Å². The topological polar surface area (TPSA) is 87.3 Å². The zero-order valence-electron chi connectivity index (χ0n) is 23.1. The summed E-state index contributed by atoms with van der Waals surface area (Å²) in [5.41, 5.74) is 10.4. The van der Waals surface area contributed by atoms with E-state index in [0.717, 1.165) is 41.4 Å². The van der Waals surface area contributed by atoms with Crippen molar-refractivity contribution in [2.24, 2.45) is 5.92 Å². The standard InChI is InChI=1S/C33H34N4O3/c1-20(2)31(36-33(39)40-3)32(38)37-14-4-5-30(37)27-16-24-11-10-23(15-26(24)17-27)21-6-8-22(9-7-21)25-12-13-28-29(18-25)35-19-34-28/h6-13,15,17-20,30-31H,4-5,14,16H2,1-3H3,(H,34,35)(H,36,39)/t30-,31-/m0/s1. The number of imidazole rings is 1. The Kier molecular flexibility index (Phi) is 6.88. The molecule has 204 valence electrons. The van der Waals surface area contributed by atoms with Gasteiger partial charge in [0.1, 0.15) is 6.04 Å². The lowest BCUT2D eigenvalue weighted by Gasteiger charge is -2.31. The minimum absolute atomic E-state index is 0.0350. The molecule has 2 N–H and O–H groups in total. The summed E-state index contributed by atoms with van der Waals surface area (Å²) in [5.74, 6) is -0.0721. The quantitative estimate of drug-likeness (QED) is 0.308. The third kappa shape index (κ3) is 4.88. The van der Waals surface area contributed by atoms with Crippen LogP contribution in [0.3, 0.4) is 0 Å². The maximum atomic E-state index is 13.5. The highest BCUT2D eigenvalue weighted by molar-refractivity contribution is 5.87. The molecule has 2 amide bonds. The number of benzene rings is 3. The van der Waals surface area contributed by atoms with Gasteiger partial charge in [-0.15, -0.1) is 0 Å². The third-order valence-electron chi connectivity index (χ3n) is 8.21. The van der Waals surface area contributed by atoms with E-state index in [1.807, 2.05) is 24.8 Å². The summed E-state index contributed by atoms with van der Waals surface area (Å²) in [4.78, 5) is 34.9. The van der Waals surface area contributed by atoms with Crippen LogP contribution in [-0.2, 0) is 16.0 Å². The highest BCUT2D eigenvalue weighted by Crippen LogP contribution is 2.36. The predicted molar refractivity (Wildman–Crippen MR) is 158 cm³/mol. The Labute approximate surface area is 234 Å². The van der Waals surface area contributed by atoms with Crippen LogP contribution in [0.25, 0.3) is 39.4 Å². The first kappa shape index (κ1) is 25.9. The number of aromatic nitrogens is 2. The number of alkyl carbamates (subject to hydrolysis) is 1.